The fraction of sp³-hybridized carbons (Fsp3) is 0.154. The zero-order chi connectivity index (χ0) is 10.7. The van der Waals surface area contributed by atoms with Crippen molar-refractivity contribution in [2.75, 3.05) is 0 Å². The van der Waals surface area contributed by atoms with Gasteiger partial charge in [0.15, 0.2) is 6.29 Å². The molecule has 76 valence electrons. The van der Waals surface area contributed by atoms with Crippen molar-refractivity contribution in [3.8, 4) is 0 Å². The topological polar surface area (TPSA) is 22.0 Å². The Bertz CT molecular complexity index is 471. The fourth-order valence-electron chi connectivity index (χ4n) is 1.65. The van der Waals surface area contributed by atoms with Gasteiger partial charge in [0.1, 0.15) is 0 Å². The summed E-state index contributed by atoms with van der Waals surface area (Å²) in [5.74, 6) is 0. The molecule has 2 aromatic rings. The van der Waals surface area contributed by atoms with Crippen LogP contribution in [0.5, 0.6) is 0 Å². The summed E-state index contributed by atoms with van der Waals surface area (Å²) in [5.41, 5.74) is 3.24. The number of benzene rings is 1. The molecule has 0 unspecified atom stereocenters. The van der Waals surface area contributed by atoms with E-state index in [0.717, 1.165) is 18.4 Å². The van der Waals surface area contributed by atoms with Crippen molar-refractivity contribution in [2.45, 2.75) is 13.5 Å². The van der Waals surface area contributed by atoms with Crippen molar-refractivity contribution in [3.05, 3.63) is 59.4 Å². The monoisotopic (exact) mass is 199 g/mol. The first-order valence-electron chi connectivity index (χ1n) is 4.94. The average Bonchev–Trinajstić information content (AvgIpc) is 2.65. The first-order chi connectivity index (χ1) is 7.28. The maximum atomic E-state index is 10.5. The van der Waals surface area contributed by atoms with Crippen LogP contribution in [0.2, 0.25) is 0 Å². The smallest absolute Gasteiger partial charge is 0.151 e. The highest BCUT2D eigenvalue weighted by atomic mass is 16.1. The minimum atomic E-state index is 0.725. The van der Waals surface area contributed by atoms with Crippen LogP contribution in [-0.4, -0.2) is 10.9 Å². The van der Waals surface area contributed by atoms with E-state index < -0.39 is 0 Å². The van der Waals surface area contributed by atoms with E-state index in [-0.39, 0.29) is 0 Å². The molecule has 0 saturated heterocycles. The van der Waals surface area contributed by atoms with E-state index in [1.165, 1.54) is 11.1 Å². The number of nitrogens with zero attached hydrogens (tertiary/aromatic N) is 1. The maximum absolute atomic E-state index is 10.5. The number of rotatable bonds is 3. The van der Waals surface area contributed by atoms with E-state index in [0.29, 0.717) is 0 Å². The Kier molecular flexibility index (Phi) is 2.68. The first-order valence-corrected chi connectivity index (χ1v) is 4.94. The van der Waals surface area contributed by atoms with Crippen LogP contribution < -0.4 is 0 Å². The molecule has 1 aromatic carbocycles. The molecule has 2 heteroatoms. The Labute approximate surface area is 89.2 Å². The summed E-state index contributed by atoms with van der Waals surface area (Å²) in [7, 11) is 0. The third-order valence-electron chi connectivity index (χ3n) is 2.36. The van der Waals surface area contributed by atoms with Crippen molar-refractivity contribution < 1.29 is 4.79 Å². The van der Waals surface area contributed by atoms with E-state index in [2.05, 4.69) is 31.2 Å². The summed E-state index contributed by atoms with van der Waals surface area (Å²) in [6.07, 6.45) is 4.65. The second-order valence-electron chi connectivity index (χ2n) is 3.72. The van der Waals surface area contributed by atoms with Gasteiger partial charge in [-0.2, -0.15) is 0 Å². The van der Waals surface area contributed by atoms with Crippen LogP contribution in [-0.2, 0) is 6.54 Å². The number of hydrogen-bond donors (Lipinski definition) is 0. The molecule has 0 radical (unpaired) electrons. The number of aldehydes is 1. The van der Waals surface area contributed by atoms with E-state index in [4.69, 9.17) is 0 Å². The summed E-state index contributed by atoms with van der Waals surface area (Å²) in [6.45, 7) is 2.89. The summed E-state index contributed by atoms with van der Waals surface area (Å²) < 4.78 is 2.01. The lowest BCUT2D eigenvalue weighted by Gasteiger charge is -2.03. The van der Waals surface area contributed by atoms with Gasteiger partial charge in [0.05, 0.1) is 0 Å². The van der Waals surface area contributed by atoms with Gasteiger partial charge in [0, 0.05) is 24.5 Å². The summed E-state index contributed by atoms with van der Waals surface area (Å²) in [4.78, 5) is 10.5. The van der Waals surface area contributed by atoms with Crippen molar-refractivity contribution in [1.82, 2.24) is 4.57 Å². The Morgan fingerprint density at radius 2 is 2.20 bits per heavy atom. The quantitative estimate of drug-likeness (QED) is 0.696. The zero-order valence-electron chi connectivity index (χ0n) is 8.68. The van der Waals surface area contributed by atoms with E-state index >= 15 is 0 Å². The summed E-state index contributed by atoms with van der Waals surface area (Å²) in [6, 6.07) is 10.2. The molecule has 0 saturated carbocycles. The van der Waals surface area contributed by atoms with Crippen LogP contribution in [0.4, 0.5) is 0 Å². The van der Waals surface area contributed by atoms with Gasteiger partial charge in [-0.1, -0.05) is 29.8 Å². The average molecular weight is 199 g/mol. The molecule has 0 spiro atoms. The molecular weight excluding hydrogens is 186 g/mol. The van der Waals surface area contributed by atoms with Gasteiger partial charge in [-0.3, -0.25) is 4.79 Å². The van der Waals surface area contributed by atoms with Crippen LogP contribution in [0.1, 0.15) is 21.5 Å². The molecule has 1 heterocycles. The Morgan fingerprint density at radius 3 is 2.87 bits per heavy atom. The molecule has 2 nitrogen and oxygen atoms in total. The van der Waals surface area contributed by atoms with Gasteiger partial charge in [-0.25, -0.2) is 0 Å². The van der Waals surface area contributed by atoms with Gasteiger partial charge in [0.25, 0.3) is 0 Å². The molecule has 0 N–H and O–H groups in total. The third-order valence-corrected chi connectivity index (χ3v) is 2.36. The maximum Gasteiger partial charge on any atom is 0.151 e. The lowest BCUT2D eigenvalue weighted by Crippen LogP contribution is -1.96. The van der Waals surface area contributed by atoms with Crippen molar-refractivity contribution >= 4 is 6.29 Å². The first kappa shape index (κ1) is 9.71. The molecule has 2 rings (SSSR count). The van der Waals surface area contributed by atoms with Crippen molar-refractivity contribution in [1.29, 1.82) is 0 Å². The van der Waals surface area contributed by atoms with Crippen LogP contribution >= 0.6 is 0 Å². The van der Waals surface area contributed by atoms with Crippen molar-refractivity contribution in [2.24, 2.45) is 0 Å². The van der Waals surface area contributed by atoms with Gasteiger partial charge < -0.3 is 4.57 Å². The molecule has 0 aliphatic rings. The van der Waals surface area contributed by atoms with Crippen LogP contribution in [0.3, 0.4) is 0 Å². The van der Waals surface area contributed by atoms with Crippen LogP contribution in [0.25, 0.3) is 0 Å². The number of carbonyl (C=O) groups excluding carboxylic acids is 1. The molecule has 0 aliphatic carbocycles. The van der Waals surface area contributed by atoms with Gasteiger partial charge >= 0.3 is 0 Å². The second-order valence-corrected chi connectivity index (χ2v) is 3.72. The van der Waals surface area contributed by atoms with Gasteiger partial charge in [-0.15, -0.1) is 0 Å². The Hall–Kier alpha value is -1.83. The molecular formula is C13H13NO. The zero-order valence-corrected chi connectivity index (χ0v) is 8.68. The highest BCUT2D eigenvalue weighted by Crippen LogP contribution is 2.07. The standard InChI is InChI=1S/C13H13NO/c1-11-3-2-4-12(7-11)8-14-6-5-13(9-14)10-15/h2-7,9-10H,8H2,1H3. The third kappa shape index (κ3) is 2.34. The number of aromatic nitrogens is 1. The lowest BCUT2D eigenvalue weighted by atomic mass is 10.1. The summed E-state index contributed by atoms with van der Waals surface area (Å²) >= 11 is 0. The summed E-state index contributed by atoms with van der Waals surface area (Å²) in [5, 5.41) is 0. The number of hydrogen-bond acceptors (Lipinski definition) is 1. The molecule has 15 heavy (non-hydrogen) atoms. The van der Waals surface area contributed by atoms with E-state index in [1.54, 1.807) is 0 Å². The fourth-order valence-corrected chi connectivity index (χ4v) is 1.65. The van der Waals surface area contributed by atoms with Gasteiger partial charge in [-0.05, 0) is 18.6 Å². The van der Waals surface area contributed by atoms with Gasteiger partial charge in [0.2, 0.25) is 0 Å². The minimum absolute atomic E-state index is 0.725. The molecule has 0 fully saturated rings. The lowest BCUT2D eigenvalue weighted by molar-refractivity contribution is 0.112. The molecule has 1 aromatic heterocycles. The Balaban J connectivity index is 2.18. The molecule has 0 bridgehead atoms. The van der Waals surface area contributed by atoms with Crippen LogP contribution in [0, 0.1) is 6.92 Å². The van der Waals surface area contributed by atoms with Crippen LogP contribution in [0.15, 0.2) is 42.7 Å². The van der Waals surface area contributed by atoms with E-state index in [1.807, 2.05) is 23.0 Å². The molecule has 0 aliphatic heterocycles. The normalized spacial score (nSPS) is 10.2. The second kappa shape index (κ2) is 4.13. The number of aryl methyl sites for hydroxylation is 1. The molecule has 0 amide bonds. The van der Waals surface area contributed by atoms with Crippen molar-refractivity contribution in [3.63, 3.8) is 0 Å². The largest absolute Gasteiger partial charge is 0.349 e. The minimum Gasteiger partial charge on any atom is -0.349 e. The number of carbonyl (C=O) groups is 1. The Morgan fingerprint density at radius 1 is 1.33 bits per heavy atom. The van der Waals surface area contributed by atoms with E-state index in [9.17, 15) is 4.79 Å². The SMILES string of the molecule is Cc1cccc(Cn2ccc(C=O)c2)c1. The molecule has 0 atom stereocenters. The highest BCUT2D eigenvalue weighted by Gasteiger charge is 1.97. The predicted molar refractivity (Wildman–Crippen MR) is 60.1 cm³/mol. The highest BCUT2D eigenvalue weighted by molar-refractivity contribution is 5.74. The predicted octanol–water partition coefficient (Wildman–Crippen LogP) is 2.66.